The number of aliphatic hydroxyl groups is 1. The zero-order valence-corrected chi connectivity index (χ0v) is 15.2. The number of aliphatic hydroxyl groups excluding tert-OH is 1. The Morgan fingerprint density at radius 1 is 1.42 bits per heavy atom. The molecule has 4 rings (SSSR count). The van der Waals surface area contributed by atoms with Gasteiger partial charge in [0.05, 0.1) is 19.8 Å². The summed E-state index contributed by atoms with van der Waals surface area (Å²) in [5.41, 5.74) is 1.34. The summed E-state index contributed by atoms with van der Waals surface area (Å²) in [6.07, 6.45) is 0.975. The van der Waals surface area contributed by atoms with Crippen LogP contribution in [0.2, 0.25) is 0 Å². The molecular formula is C20H26N2O4. The van der Waals surface area contributed by atoms with E-state index in [4.69, 9.17) is 9.47 Å². The van der Waals surface area contributed by atoms with Gasteiger partial charge in [-0.15, -0.1) is 0 Å². The van der Waals surface area contributed by atoms with Crippen molar-refractivity contribution in [3.05, 3.63) is 40.2 Å². The second-order valence-electron chi connectivity index (χ2n) is 7.53. The first-order chi connectivity index (χ1) is 12.6. The van der Waals surface area contributed by atoms with E-state index in [1.807, 2.05) is 31.2 Å². The molecule has 0 spiro atoms. The largest absolute Gasteiger partial charge is 0.494 e. The Balaban J connectivity index is 1.58. The van der Waals surface area contributed by atoms with Crippen molar-refractivity contribution in [1.82, 2.24) is 9.88 Å². The maximum atomic E-state index is 12.5. The minimum atomic E-state index is -0.177. The minimum Gasteiger partial charge on any atom is -0.494 e. The summed E-state index contributed by atoms with van der Waals surface area (Å²) in [6.45, 7) is 6.33. The Labute approximate surface area is 152 Å². The highest BCUT2D eigenvalue weighted by atomic mass is 16.5. The van der Waals surface area contributed by atoms with Crippen LogP contribution in [-0.4, -0.2) is 54.5 Å². The second kappa shape index (κ2) is 7.02. The summed E-state index contributed by atoms with van der Waals surface area (Å²) in [5.74, 6) is 1.24. The predicted molar refractivity (Wildman–Crippen MR) is 99.5 cm³/mol. The van der Waals surface area contributed by atoms with Gasteiger partial charge in [-0.1, -0.05) is 0 Å². The van der Waals surface area contributed by atoms with Gasteiger partial charge in [-0.05, 0) is 43.5 Å². The Kier molecular flexibility index (Phi) is 4.73. The maximum absolute atomic E-state index is 12.5. The van der Waals surface area contributed by atoms with E-state index in [0.717, 1.165) is 48.3 Å². The summed E-state index contributed by atoms with van der Waals surface area (Å²) in [6, 6.07) is 7.68. The van der Waals surface area contributed by atoms with Crippen LogP contribution >= 0.6 is 0 Å². The molecule has 1 aromatic carbocycles. The normalized spacial score (nSPS) is 26.2. The summed E-state index contributed by atoms with van der Waals surface area (Å²) < 4.78 is 11.2. The Hall–Kier alpha value is -1.89. The van der Waals surface area contributed by atoms with E-state index >= 15 is 0 Å². The minimum absolute atomic E-state index is 0.0502. The van der Waals surface area contributed by atoms with E-state index in [9.17, 15) is 9.90 Å². The third-order valence-corrected chi connectivity index (χ3v) is 5.80. The molecule has 2 fully saturated rings. The van der Waals surface area contributed by atoms with Gasteiger partial charge in [-0.3, -0.25) is 9.69 Å². The SMILES string of the molecule is CCOc1ccc2[nH]c(=O)c(CN3C[C@@H]4CCOC[C@]4(CO)C3)cc2c1. The number of hydrogen-bond donors (Lipinski definition) is 2. The molecule has 6 heteroatoms. The van der Waals surface area contributed by atoms with Crippen LogP contribution in [-0.2, 0) is 11.3 Å². The lowest BCUT2D eigenvalue weighted by molar-refractivity contribution is -0.0561. The number of fused-ring (bicyclic) bond motifs is 2. The van der Waals surface area contributed by atoms with E-state index in [1.165, 1.54) is 0 Å². The standard InChI is InChI=1S/C20H26N2O4/c1-2-26-17-3-4-18-14(8-17)7-15(19(24)21-18)9-22-10-16-5-6-25-13-20(16,11-22)12-23/h3-4,7-8,16,23H,2,5-6,9-13H2,1H3,(H,21,24)/t16-,20+/m0/s1. The molecule has 2 atom stereocenters. The van der Waals surface area contributed by atoms with Gasteiger partial charge in [0, 0.05) is 48.1 Å². The molecule has 0 aliphatic carbocycles. The number of H-pyrrole nitrogens is 1. The smallest absolute Gasteiger partial charge is 0.252 e. The molecule has 6 nitrogen and oxygen atoms in total. The zero-order chi connectivity index (χ0) is 18.1. The van der Waals surface area contributed by atoms with Crippen LogP contribution in [0, 0.1) is 11.3 Å². The number of nitrogens with one attached hydrogen (secondary N) is 1. The van der Waals surface area contributed by atoms with E-state index in [-0.39, 0.29) is 17.6 Å². The van der Waals surface area contributed by atoms with E-state index in [2.05, 4.69) is 9.88 Å². The van der Waals surface area contributed by atoms with Crippen molar-refractivity contribution in [3.8, 4) is 5.75 Å². The summed E-state index contributed by atoms with van der Waals surface area (Å²) in [5, 5.41) is 10.9. The maximum Gasteiger partial charge on any atom is 0.252 e. The molecule has 2 aliphatic heterocycles. The number of rotatable bonds is 5. The molecule has 2 aliphatic rings. The average molecular weight is 358 g/mol. The number of likely N-dealkylation sites (tertiary alicyclic amines) is 1. The number of aromatic amines is 1. The molecule has 0 radical (unpaired) electrons. The lowest BCUT2D eigenvalue weighted by Crippen LogP contribution is -2.42. The number of pyridine rings is 1. The summed E-state index contributed by atoms with van der Waals surface area (Å²) in [7, 11) is 0. The molecule has 1 aromatic heterocycles. The van der Waals surface area contributed by atoms with Gasteiger partial charge in [-0.25, -0.2) is 0 Å². The zero-order valence-electron chi connectivity index (χ0n) is 15.2. The number of ether oxygens (including phenoxy) is 2. The fourth-order valence-corrected chi connectivity index (χ4v) is 4.40. The number of hydrogen-bond acceptors (Lipinski definition) is 5. The predicted octanol–water partition coefficient (Wildman–Crippen LogP) is 1.76. The van der Waals surface area contributed by atoms with Crippen molar-refractivity contribution < 1.29 is 14.6 Å². The summed E-state index contributed by atoms with van der Waals surface area (Å²) in [4.78, 5) is 17.8. The van der Waals surface area contributed by atoms with Gasteiger partial charge in [0.2, 0.25) is 0 Å². The third-order valence-electron chi connectivity index (χ3n) is 5.80. The van der Waals surface area contributed by atoms with Gasteiger partial charge in [-0.2, -0.15) is 0 Å². The molecular weight excluding hydrogens is 332 g/mol. The first kappa shape index (κ1) is 17.5. The molecule has 0 amide bonds. The number of benzene rings is 1. The molecule has 3 heterocycles. The van der Waals surface area contributed by atoms with Gasteiger partial charge in [0.25, 0.3) is 5.56 Å². The summed E-state index contributed by atoms with van der Waals surface area (Å²) >= 11 is 0. The van der Waals surface area contributed by atoms with Crippen molar-refractivity contribution in [3.63, 3.8) is 0 Å². The lowest BCUT2D eigenvalue weighted by atomic mass is 9.76. The van der Waals surface area contributed by atoms with Crippen LogP contribution < -0.4 is 10.3 Å². The van der Waals surface area contributed by atoms with Crippen LogP contribution in [0.1, 0.15) is 18.9 Å². The molecule has 0 bridgehead atoms. The monoisotopic (exact) mass is 358 g/mol. The van der Waals surface area contributed by atoms with Crippen LogP contribution in [0.25, 0.3) is 10.9 Å². The van der Waals surface area contributed by atoms with Gasteiger partial charge >= 0.3 is 0 Å². The van der Waals surface area contributed by atoms with Crippen molar-refractivity contribution in [2.24, 2.45) is 11.3 Å². The quantitative estimate of drug-likeness (QED) is 0.852. The van der Waals surface area contributed by atoms with Gasteiger partial charge < -0.3 is 19.6 Å². The molecule has 140 valence electrons. The van der Waals surface area contributed by atoms with E-state index < -0.39 is 0 Å². The number of nitrogens with zero attached hydrogens (tertiary/aromatic N) is 1. The van der Waals surface area contributed by atoms with E-state index in [0.29, 0.717) is 25.7 Å². The van der Waals surface area contributed by atoms with Crippen molar-refractivity contribution in [2.75, 3.05) is 39.5 Å². The van der Waals surface area contributed by atoms with Crippen molar-refractivity contribution in [1.29, 1.82) is 0 Å². The second-order valence-corrected chi connectivity index (χ2v) is 7.53. The highest BCUT2D eigenvalue weighted by Gasteiger charge is 2.48. The van der Waals surface area contributed by atoms with Gasteiger partial charge in [0.15, 0.2) is 0 Å². The van der Waals surface area contributed by atoms with Crippen molar-refractivity contribution >= 4 is 10.9 Å². The average Bonchev–Trinajstić information content (AvgIpc) is 3.01. The lowest BCUT2D eigenvalue weighted by Gasteiger charge is -2.36. The van der Waals surface area contributed by atoms with Crippen molar-refractivity contribution in [2.45, 2.75) is 19.9 Å². The molecule has 0 saturated carbocycles. The van der Waals surface area contributed by atoms with E-state index in [1.54, 1.807) is 0 Å². The highest BCUT2D eigenvalue weighted by molar-refractivity contribution is 5.80. The molecule has 0 unspecified atom stereocenters. The first-order valence-corrected chi connectivity index (χ1v) is 9.33. The first-order valence-electron chi connectivity index (χ1n) is 9.33. The van der Waals surface area contributed by atoms with Crippen LogP contribution in [0.5, 0.6) is 5.75 Å². The molecule has 2 saturated heterocycles. The fraction of sp³-hybridized carbons (Fsp3) is 0.550. The van der Waals surface area contributed by atoms with Crippen LogP contribution in [0.4, 0.5) is 0 Å². The molecule has 26 heavy (non-hydrogen) atoms. The van der Waals surface area contributed by atoms with Crippen LogP contribution in [0.3, 0.4) is 0 Å². The highest BCUT2D eigenvalue weighted by Crippen LogP contribution is 2.41. The Morgan fingerprint density at radius 2 is 2.31 bits per heavy atom. The number of aromatic nitrogens is 1. The van der Waals surface area contributed by atoms with Gasteiger partial charge in [0.1, 0.15) is 5.75 Å². The molecule has 2 aromatic rings. The Bertz CT molecular complexity index is 849. The topological polar surface area (TPSA) is 74.8 Å². The fourth-order valence-electron chi connectivity index (χ4n) is 4.40. The molecule has 2 N–H and O–H groups in total. The Morgan fingerprint density at radius 3 is 3.08 bits per heavy atom. The third kappa shape index (κ3) is 3.13. The van der Waals surface area contributed by atoms with Crippen LogP contribution in [0.15, 0.2) is 29.1 Å².